The zero-order chi connectivity index (χ0) is 33.9. The zero-order valence-electron chi connectivity index (χ0n) is 27.3. The summed E-state index contributed by atoms with van der Waals surface area (Å²) in [5.41, 5.74) is 6.92. The van der Waals surface area contributed by atoms with Crippen LogP contribution in [0, 0.1) is 0 Å². The number of carbonyl (C=O) groups is 2. The van der Waals surface area contributed by atoms with Gasteiger partial charge in [-0.3, -0.25) is 9.59 Å². The molecular formula is C38H39Cl2N5O4. The Balaban J connectivity index is 1.10. The summed E-state index contributed by atoms with van der Waals surface area (Å²) in [5.74, 6) is 1.58. The van der Waals surface area contributed by atoms with E-state index in [9.17, 15) is 9.59 Å². The fourth-order valence-electron chi connectivity index (χ4n) is 6.93. The lowest BCUT2D eigenvalue weighted by molar-refractivity contribution is -0.120. The number of pyridine rings is 1. The van der Waals surface area contributed by atoms with E-state index in [0.29, 0.717) is 54.2 Å². The summed E-state index contributed by atoms with van der Waals surface area (Å²) in [6, 6.07) is 22.5. The number of ether oxygens (including phenoxy) is 2. The van der Waals surface area contributed by atoms with Crippen LogP contribution in [0.1, 0.15) is 49.3 Å². The van der Waals surface area contributed by atoms with Gasteiger partial charge in [-0.15, -0.1) is 0 Å². The monoisotopic (exact) mass is 699 g/mol. The maximum Gasteiger partial charge on any atom is 0.220 e. The average Bonchev–Trinajstić information content (AvgIpc) is 3.74. The van der Waals surface area contributed by atoms with Crippen LogP contribution in [0.15, 0.2) is 66.7 Å². The molecule has 0 saturated carbocycles. The molecule has 0 aliphatic carbocycles. The standard InChI is InChI=1S/C38H39Cl2N5O4/c1-48-38-23(19-41-20-24-10-14-34(46)43-24)9-13-32(45-38)30-7-3-6-28(37(30)40)27-5-2-4-26(36(27)39)22-8-12-29-31(16-17-49-33(29)18-22)42-21-25-11-15-35(47)44-25/h2-9,12-13,18,24-25,31,41-42H,10-11,14-17,19-21H2,1H3,(H,43,46)(H,44,47)/t24-,25+,31+/m0/s1. The maximum atomic E-state index is 11.6. The molecule has 7 rings (SSSR count). The van der Waals surface area contributed by atoms with Gasteiger partial charge in [0.25, 0.3) is 0 Å². The first-order valence-corrected chi connectivity index (χ1v) is 17.5. The number of aromatic nitrogens is 1. The zero-order valence-corrected chi connectivity index (χ0v) is 28.8. The Morgan fingerprint density at radius 2 is 1.51 bits per heavy atom. The van der Waals surface area contributed by atoms with Gasteiger partial charge in [0.2, 0.25) is 17.7 Å². The molecule has 11 heteroatoms. The molecule has 4 aromatic rings. The Hall–Kier alpha value is -4.15. The Labute approximate surface area is 296 Å². The molecule has 2 fully saturated rings. The first-order valence-electron chi connectivity index (χ1n) is 16.8. The van der Waals surface area contributed by atoms with E-state index in [-0.39, 0.29) is 29.9 Å². The van der Waals surface area contributed by atoms with Crippen molar-refractivity contribution in [3.05, 3.63) is 87.9 Å². The number of benzene rings is 3. The van der Waals surface area contributed by atoms with Crippen LogP contribution in [-0.4, -0.2) is 55.7 Å². The molecule has 3 aliphatic rings. The minimum Gasteiger partial charge on any atom is -0.493 e. The predicted molar refractivity (Wildman–Crippen MR) is 192 cm³/mol. The van der Waals surface area contributed by atoms with Crippen LogP contribution in [0.2, 0.25) is 10.0 Å². The molecule has 2 saturated heterocycles. The number of methoxy groups -OCH3 is 1. The highest BCUT2D eigenvalue weighted by atomic mass is 35.5. The third kappa shape index (κ3) is 7.26. The number of rotatable bonds is 11. The van der Waals surface area contributed by atoms with Gasteiger partial charge in [-0.05, 0) is 30.5 Å². The maximum absolute atomic E-state index is 11.6. The molecule has 254 valence electrons. The SMILES string of the molecule is COc1nc(-c2cccc(-c3cccc(-c4ccc5c(c4)OCC[C@H]5NC[C@H]4CCC(=O)N4)c3Cl)c2Cl)ccc1CNC[C@@H]1CCC(=O)N1. The van der Waals surface area contributed by atoms with E-state index < -0.39 is 0 Å². The molecule has 3 aromatic carbocycles. The van der Waals surface area contributed by atoms with Crippen molar-refractivity contribution in [1.29, 1.82) is 0 Å². The summed E-state index contributed by atoms with van der Waals surface area (Å²) in [7, 11) is 1.61. The van der Waals surface area contributed by atoms with Crippen LogP contribution < -0.4 is 30.7 Å². The minimum atomic E-state index is 0.103. The molecule has 3 aliphatic heterocycles. The van der Waals surface area contributed by atoms with E-state index in [4.69, 9.17) is 37.7 Å². The average molecular weight is 701 g/mol. The van der Waals surface area contributed by atoms with Gasteiger partial charge in [0.15, 0.2) is 0 Å². The second kappa shape index (κ2) is 14.8. The third-order valence-electron chi connectivity index (χ3n) is 9.55. The summed E-state index contributed by atoms with van der Waals surface area (Å²) >= 11 is 14.3. The van der Waals surface area contributed by atoms with Crippen molar-refractivity contribution < 1.29 is 19.1 Å². The highest BCUT2D eigenvalue weighted by molar-refractivity contribution is 6.39. The van der Waals surface area contributed by atoms with Crippen molar-refractivity contribution >= 4 is 35.0 Å². The van der Waals surface area contributed by atoms with Crippen molar-refractivity contribution in [3.63, 3.8) is 0 Å². The van der Waals surface area contributed by atoms with Gasteiger partial charge >= 0.3 is 0 Å². The molecule has 9 nitrogen and oxygen atoms in total. The lowest BCUT2D eigenvalue weighted by Crippen LogP contribution is -2.38. The Kier molecular flexibility index (Phi) is 10.0. The summed E-state index contributed by atoms with van der Waals surface area (Å²) in [6.45, 7) is 2.59. The molecular weight excluding hydrogens is 661 g/mol. The van der Waals surface area contributed by atoms with E-state index in [1.54, 1.807) is 7.11 Å². The summed E-state index contributed by atoms with van der Waals surface area (Å²) < 4.78 is 11.8. The highest BCUT2D eigenvalue weighted by Crippen LogP contribution is 2.44. The quantitative estimate of drug-likeness (QED) is 0.142. The number of carbonyl (C=O) groups excluding carboxylic acids is 2. The predicted octanol–water partition coefficient (Wildman–Crippen LogP) is 6.46. The molecule has 0 unspecified atom stereocenters. The van der Waals surface area contributed by atoms with E-state index in [1.165, 1.54) is 0 Å². The molecule has 0 spiro atoms. The smallest absolute Gasteiger partial charge is 0.220 e. The van der Waals surface area contributed by atoms with Gasteiger partial charge in [0, 0.05) is 90.4 Å². The lowest BCUT2D eigenvalue weighted by atomic mass is 9.94. The third-order valence-corrected chi connectivity index (χ3v) is 10.4. The number of halogens is 2. The fourth-order valence-corrected chi connectivity index (χ4v) is 7.59. The first-order chi connectivity index (χ1) is 23.9. The van der Waals surface area contributed by atoms with Gasteiger partial charge < -0.3 is 30.7 Å². The van der Waals surface area contributed by atoms with Gasteiger partial charge in [-0.1, -0.05) is 77.8 Å². The van der Waals surface area contributed by atoms with Gasteiger partial charge in [-0.25, -0.2) is 4.98 Å². The Bertz CT molecular complexity index is 1890. The Morgan fingerprint density at radius 1 is 0.837 bits per heavy atom. The molecule has 4 N–H and O–H groups in total. The molecule has 4 heterocycles. The largest absolute Gasteiger partial charge is 0.493 e. The number of hydrogen-bond acceptors (Lipinski definition) is 7. The topological polar surface area (TPSA) is 114 Å². The second-order valence-electron chi connectivity index (χ2n) is 12.8. The van der Waals surface area contributed by atoms with E-state index in [0.717, 1.165) is 70.5 Å². The van der Waals surface area contributed by atoms with Crippen molar-refractivity contribution in [3.8, 4) is 45.1 Å². The van der Waals surface area contributed by atoms with E-state index in [2.05, 4.69) is 39.5 Å². The van der Waals surface area contributed by atoms with Gasteiger partial charge in [0.1, 0.15) is 5.75 Å². The van der Waals surface area contributed by atoms with Crippen molar-refractivity contribution in [2.75, 3.05) is 26.8 Å². The molecule has 2 amide bonds. The van der Waals surface area contributed by atoms with Gasteiger partial charge in [-0.2, -0.15) is 0 Å². The summed E-state index contributed by atoms with van der Waals surface area (Å²) in [4.78, 5) is 27.9. The molecule has 0 radical (unpaired) electrons. The lowest BCUT2D eigenvalue weighted by Gasteiger charge is -2.28. The summed E-state index contributed by atoms with van der Waals surface area (Å²) in [5, 5.41) is 14.2. The second-order valence-corrected chi connectivity index (χ2v) is 13.5. The van der Waals surface area contributed by atoms with Crippen LogP contribution >= 0.6 is 23.2 Å². The molecule has 0 bridgehead atoms. The number of hydrogen-bond donors (Lipinski definition) is 4. The van der Waals surface area contributed by atoms with Crippen LogP contribution in [0.25, 0.3) is 33.5 Å². The van der Waals surface area contributed by atoms with E-state index in [1.807, 2.05) is 48.5 Å². The fraction of sp³-hybridized carbons (Fsp3) is 0.342. The number of fused-ring (bicyclic) bond motifs is 1. The summed E-state index contributed by atoms with van der Waals surface area (Å²) in [6.07, 6.45) is 3.73. The van der Waals surface area contributed by atoms with Crippen molar-refractivity contribution in [2.45, 2.75) is 56.8 Å². The number of nitrogens with zero attached hydrogens (tertiary/aromatic N) is 1. The van der Waals surface area contributed by atoms with Gasteiger partial charge in [0.05, 0.1) is 29.5 Å². The van der Waals surface area contributed by atoms with Crippen molar-refractivity contribution in [1.82, 2.24) is 26.3 Å². The van der Waals surface area contributed by atoms with E-state index >= 15 is 0 Å². The van der Waals surface area contributed by atoms with Crippen LogP contribution in [0.4, 0.5) is 0 Å². The highest BCUT2D eigenvalue weighted by Gasteiger charge is 2.26. The molecule has 49 heavy (non-hydrogen) atoms. The number of amides is 2. The van der Waals surface area contributed by atoms with Crippen LogP contribution in [-0.2, 0) is 16.1 Å². The Morgan fingerprint density at radius 3 is 2.20 bits per heavy atom. The van der Waals surface area contributed by atoms with Crippen LogP contribution in [0.3, 0.4) is 0 Å². The minimum absolute atomic E-state index is 0.103. The first kappa shape index (κ1) is 33.4. The van der Waals surface area contributed by atoms with Crippen molar-refractivity contribution in [2.24, 2.45) is 0 Å². The van der Waals surface area contributed by atoms with Crippen LogP contribution in [0.5, 0.6) is 11.6 Å². The molecule has 3 atom stereocenters. The molecule has 1 aromatic heterocycles. The normalized spacial score (nSPS) is 20.0. The number of nitrogens with one attached hydrogen (secondary N) is 4.